The van der Waals surface area contributed by atoms with Crippen molar-refractivity contribution in [2.45, 2.75) is 33.4 Å². The lowest BCUT2D eigenvalue weighted by molar-refractivity contribution is 0.414. The number of ether oxygens (including phenoxy) is 1. The van der Waals surface area contributed by atoms with Crippen LogP contribution >= 0.6 is 0 Å². The maximum Gasteiger partial charge on any atom is 0.118 e. The largest absolute Gasteiger partial charge is 0.497 e. The Hall–Kier alpha value is -2.16. The van der Waals surface area contributed by atoms with Crippen molar-refractivity contribution in [2.24, 2.45) is 0 Å². The van der Waals surface area contributed by atoms with Gasteiger partial charge in [0.25, 0.3) is 0 Å². The van der Waals surface area contributed by atoms with Gasteiger partial charge in [-0.2, -0.15) is 0 Å². The van der Waals surface area contributed by atoms with Gasteiger partial charge in [0.1, 0.15) is 5.75 Å². The molecule has 22 heavy (non-hydrogen) atoms. The molecule has 0 aliphatic carbocycles. The van der Waals surface area contributed by atoms with Gasteiger partial charge in [0.2, 0.25) is 0 Å². The fourth-order valence-electron chi connectivity index (χ4n) is 2.95. The van der Waals surface area contributed by atoms with Gasteiger partial charge in [-0.15, -0.1) is 0 Å². The fourth-order valence-corrected chi connectivity index (χ4v) is 2.95. The van der Waals surface area contributed by atoms with Crippen molar-refractivity contribution in [3.8, 4) is 5.75 Å². The van der Waals surface area contributed by atoms with Crippen molar-refractivity contribution >= 4 is 11.4 Å². The molecular formula is C19H24N2O. The van der Waals surface area contributed by atoms with E-state index in [4.69, 9.17) is 4.74 Å². The smallest absolute Gasteiger partial charge is 0.118 e. The molecule has 1 aliphatic heterocycles. The molecule has 0 bridgehead atoms. The Kier molecular flexibility index (Phi) is 3.97. The molecule has 1 atom stereocenters. The number of nitrogens with one attached hydrogen (secondary N) is 1. The summed E-state index contributed by atoms with van der Waals surface area (Å²) >= 11 is 0. The third-order valence-corrected chi connectivity index (χ3v) is 4.55. The first-order valence-corrected chi connectivity index (χ1v) is 7.83. The maximum atomic E-state index is 5.24. The molecule has 2 aromatic rings. The monoisotopic (exact) mass is 296 g/mol. The highest BCUT2D eigenvalue weighted by Crippen LogP contribution is 2.35. The lowest BCUT2D eigenvalue weighted by Crippen LogP contribution is -2.41. The molecule has 3 nitrogen and oxygen atoms in total. The Balaban J connectivity index is 1.91. The summed E-state index contributed by atoms with van der Waals surface area (Å²) in [5.41, 5.74) is 6.53. The zero-order valence-electron chi connectivity index (χ0n) is 13.8. The lowest BCUT2D eigenvalue weighted by Gasteiger charge is -2.38. The van der Waals surface area contributed by atoms with Crippen LogP contribution in [0.25, 0.3) is 0 Å². The number of rotatable bonds is 3. The summed E-state index contributed by atoms with van der Waals surface area (Å²) in [4.78, 5) is 2.49. The molecule has 116 valence electrons. The molecule has 0 amide bonds. The maximum absolute atomic E-state index is 5.24. The van der Waals surface area contributed by atoms with Crippen LogP contribution in [0.3, 0.4) is 0 Å². The molecule has 0 aromatic heterocycles. The summed E-state index contributed by atoms with van der Waals surface area (Å²) in [7, 11) is 1.70. The van der Waals surface area contributed by atoms with Gasteiger partial charge < -0.3 is 15.0 Å². The van der Waals surface area contributed by atoms with Crippen molar-refractivity contribution in [2.75, 3.05) is 23.9 Å². The van der Waals surface area contributed by atoms with E-state index in [0.717, 1.165) is 18.8 Å². The Bertz CT molecular complexity index is 664. The predicted octanol–water partition coefficient (Wildman–Crippen LogP) is 4.13. The van der Waals surface area contributed by atoms with Crippen LogP contribution < -0.4 is 15.0 Å². The van der Waals surface area contributed by atoms with Crippen LogP contribution in [0.1, 0.15) is 23.6 Å². The molecule has 2 aromatic carbocycles. The Morgan fingerprint density at radius 3 is 2.50 bits per heavy atom. The van der Waals surface area contributed by atoms with Gasteiger partial charge in [-0.05, 0) is 61.7 Å². The van der Waals surface area contributed by atoms with E-state index in [1.807, 2.05) is 12.1 Å². The van der Waals surface area contributed by atoms with Crippen LogP contribution in [0.2, 0.25) is 0 Å². The quantitative estimate of drug-likeness (QED) is 0.921. The predicted molar refractivity (Wildman–Crippen MR) is 93.0 cm³/mol. The first-order valence-electron chi connectivity index (χ1n) is 7.83. The van der Waals surface area contributed by atoms with Crippen molar-refractivity contribution in [1.29, 1.82) is 0 Å². The van der Waals surface area contributed by atoms with Gasteiger partial charge in [0.05, 0.1) is 18.5 Å². The van der Waals surface area contributed by atoms with Crippen LogP contribution in [0.5, 0.6) is 5.75 Å². The second kappa shape index (κ2) is 5.91. The van der Waals surface area contributed by atoms with Crippen LogP contribution in [-0.2, 0) is 6.54 Å². The second-order valence-corrected chi connectivity index (χ2v) is 6.16. The van der Waals surface area contributed by atoms with Gasteiger partial charge in [0.15, 0.2) is 0 Å². The summed E-state index contributed by atoms with van der Waals surface area (Å²) in [6.45, 7) is 8.52. The topological polar surface area (TPSA) is 24.5 Å². The van der Waals surface area contributed by atoms with Gasteiger partial charge in [-0.1, -0.05) is 12.1 Å². The normalized spacial score (nSPS) is 16.9. The van der Waals surface area contributed by atoms with Crippen molar-refractivity contribution in [3.63, 3.8) is 0 Å². The van der Waals surface area contributed by atoms with E-state index in [1.54, 1.807) is 7.11 Å². The standard InChI is InChI=1S/C19H24N2O/c1-13-9-18-19(10-14(13)2)21(15(3)11-20-18)12-16-5-7-17(22-4)8-6-16/h5-10,15,20H,11-12H2,1-4H3. The molecule has 0 radical (unpaired) electrons. The molecule has 0 fully saturated rings. The van der Waals surface area contributed by atoms with E-state index in [0.29, 0.717) is 6.04 Å². The number of benzene rings is 2. The highest BCUT2D eigenvalue weighted by molar-refractivity contribution is 5.74. The van der Waals surface area contributed by atoms with Crippen molar-refractivity contribution in [1.82, 2.24) is 0 Å². The summed E-state index contributed by atoms with van der Waals surface area (Å²) in [6, 6.07) is 13.4. The van der Waals surface area contributed by atoms with Gasteiger partial charge in [-0.25, -0.2) is 0 Å². The van der Waals surface area contributed by atoms with E-state index in [9.17, 15) is 0 Å². The van der Waals surface area contributed by atoms with Gasteiger partial charge in [-0.3, -0.25) is 0 Å². The van der Waals surface area contributed by atoms with Crippen LogP contribution in [0.4, 0.5) is 11.4 Å². The number of anilines is 2. The number of fused-ring (bicyclic) bond motifs is 1. The lowest BCUT2D eigenvalue weighted by atomic mass is 10.0. The molecule has 0 saturated carbocycles. The summed E-state index contributed by atoms with van der Waals surface area (Å²) in [5.74, 6) is 0.906. The summed E-state index contributed by atoms with van der Waals surface area (Å²) < 4.78 is 5.24. The highest BCUT2D eigenvalue weighted by Gasteiger charge is 2.23. The SMILES string of the molecule is COc1ccc(CN2c3cc(C)c(C)cc3NCC2C)cc1. The Labute approximate surface area is 132 Å². The number of methoxy groups -OCH3 is 1. The van der Waals surface area contributed by atoms with Gasteiger partial charge >= 0.3 is 0 Å². The van der Waals surface area contributed by atoms with E-state index in [-0.39, 0.29) is 0 Å². The average molecular weight is 296 g/mol. The number of aryl methyl sites for hydroxylation is 2. The van der Waals surface area contributed by atoms with Crippen LogP contribution in [0.15, 0.2) is 36.4 Å². The third kappa shape index (κ3) is 2.76. The zero-order chi connectivity index (χ0) is 15.7. The van der Waals surface area contributed by atoms with Crippen molar-refractivity contribution in [3.05, 3.63) is 53.1 Å². The molecule has 3 heteroatoms. The average Bonchev–Trinajstić information content (AvgIpc) is 2.53. The third-order valence-electron chi connectivity index (χ3n) is 4.55. The molecule has 1 heterocycles. The molecule has 3 rings (SSSR count). The number of nitrogens with zero attached hydrogens (tertiary/aromatic N) is 1. The Morgan fingerprint density at radius 2 is 1.82 bits per heavy atom. The van der Waals surface area contributed by atoms with E-state index >= 15 is 0 Å². The first kappa shape index (κ1) is 14.8. The highest BCUT2D eigenvalue weighted by atomic mass is 16.5. The Morgan fingerprint density at radius 1 is 1.14 bits per heavy atom. The summed E-state index contributed by atoms with van der Waals surface area (Å²) in [5, 5.41) is 3.55. The minimum absolute atomic E-state index is 0.469. The molecule has 1 unspecified atom stereocenters. The van der Waals surface area contributed by atoms with Crippen LogP contribution in [0, 0.1) is 13.8 Å². The minimum Gasteiger partial charge on any atom is -0.497 e. The molecule has 1 N–H and O–H groups in total. The second-order valence-electron chi connectivity index (χ2n) is 6.16. The zero-order valence-corrected chi connectivity index (χ0v) is 13.8. The molecule has 0 spiro atoms. The molecular weight excluding hydrogens is 272 g/mol. The first-order chi connectivity index (χ1) is 10.6. The van der Waals surface area contributed by atoms with Crippen molar-refractivity contribution < 1.29 is 4.74 Å². The minimum atomic E-state index is 0.469. The summed E-state index contributed by atoms with van der Waals surface area (Å²) in [6.07, 6.45) is 0. The van der Waals surface area contributed by atoms with Gasteiger partial charge in [0, 0.05) is 19.1 Å². The van der Waals surface area contributed by atoms with E-state index in [2.05, 4.69) is 55.3 Å². The molecule has 0 saturated heterocycles. The van der Waals surface area contributed by atoms with E-state index in [1.165, 1.54) is 28.1 Å². The van der Waals surface area contributed by atoms with E-state index < -0.39 is 0 Å². The fraction of sp³-hybridized carbons (Fsp3) is 0.368. The molecule has 1 aliphatic rings. The van der Waals surface area contributed by atoms with Crippen LogP contribution in [-0.4, -0.2) is 19.7 Å². The number of hydrogen-bond acceptors (Lipinski definition) is 3. The number of hydrogen-bond donors (Lipinski definition) is 1.